The molecule has 0 spiro atoms. The summed E-state index contributed by atoms with van der Waals surface area (Å²) < 4.78 is 0. The highest BCUT2D eigenvalue weighted by Crippen LogP contribution is 2.47. The number of nitrogens with zero attached hydrogens (tertiary/aromatic N) is 1. The highest BCUT2D eigenvalue weighted by Gasteiger charge is 2.37. The van der Waals surface area contributed by atoms with E-state index in [-0.39, 0.29) is 6.17 Å². The van der Waals surface area contributed by atoms with Crippen LogP contribution in [-0.4, -0.2) is 12.2 Å². The van der Waals surface area contributed by atoms with Crippen molar-refractivity contribution in [1.29, 1.82) is 0 Å². The largest absolute Gasteiger partial charge is 0.360 e. The minimum absolute atomic E-state index is 0.179. The molecule has 0 radical (unpaired) electrons. The quantitative estimate of drug-likeness (QED) is 0.190. The van der Waals surface area contributed by atoms with Gasteiger partial charge in [-0.15, -0.1) is 0 Å². The molecule has 0 bridgehead atoms. The van der Waals surface area contributed by atoms with Gasteiger partial charge in [0, 0.05) is 0 Å². The summed E-state index contributed by atoms with van der Waals surface area (Å²) in [6, 6.07) is 27.8. The van der Waals surface area contributed by atoms with E-state index in [1.807, 2.05) is 0 Å². The molecule has 0 aromatic heterocycles. The van der Waals surface area contributed by atoms with E-state index in [9.17, 15) is 0 Å². The molecule has 0 amide bonds. The van der Waals surface area contributed by atoms with Crippen LogP contribution in [0.4, 0.5) is 11.4 Å². The fourth-order valence-corrected chi connectivity index (χ4v) is 13.0. The lowest BCUT2D eigenvalue weighted by molar-refractivity contribution is 0.529. The molecule has 5 aromatic rings. The molecule has 0 fully saturated rings. The van der Waals surface area contributed by atoms with Crippen LogP contribution in [0.1, 0.15) is 92.9 Å². The number of benzene rings is 5. The topological polar surface area (TPSA) is 15.3 Å². The highest BCUT2D eigenvalue weighted by molar-refractivity contribution is 6.03. The third kappa shape index (κ3) is 6.12. The van der Waals surface area contributed by atoms with Crippen molar-refractivity contribution in [2.75, 3.05) is 10.2 Å². The molecule has 13 rings (SSSR count). The lowest BCUT2D eigenvalue weighted by Gasteiger charge is -2.38. The molecule has 314 valence electrons. The standard InChI is InChI=1S/C62H56N2/c1-39-49-17-5-7-19-51(49)59(52-20-8-6-18-50(39)52)44-31-27-41-36-45(32-28-40(41)35-44)60-53-21-9-11-23-55(53)61(56-24-12-10-22-54(56)60)46-33-29-43-38-47(34-30-42(43)37-46)62-63-57-25-13-14-26-58(57)64(62)48-15-3-2-4-16-48/h2-5,7,9,11,13-15,17-26,28,30,32,34-35,37,41,43,48,62-63H,6,8,10,12,16,27,29,31,33,36,38H2,1H3. The third-order valence-electron chi connectivity index (χ3n) is 16.0. The number of fused-ring (bicyclic) bond motifs is 7. The molecule has 1 heterocycles. The number of allylic oxidation sites excluding steroid dienone is 13. The zero-order valence-corrected chi connectivity index (χ0v) is 37.0. The fourth-order valence-electron chi connectivity index (χ4n) is 13.0. The number of hydrogen-bond donors (Lipinski definition) is 1. The molecule has 0 saturated carbocycles. The maximum absolute atomic E-state index is 3.94. The van der Waals surface area contributed by atoms with Crippen molar-refractivity contribution in [2.24, 2.45) is 11.8 Å². The zero-order valence-electron chi connectivity index (χ0n) is 37.0. The summed E-state index contributed by atoms with van der Waals surface area (Å²) in [6.45, 7) is 2.32. The first kappa shape index (κ1) is 38.1. The van der Waals surface area contributed by atoms with E-state index in [4.69, 9.17) is 0 Å². The van der Waals surface area contributed by atoms with Gasteiger partial charge in [-0.05, 0) is 200 Å². The Kier molecular flexibility index (Phi) is 9.18. The highest BCUT2D eigenvalue weighted by atomic mass is 15.3. The first-order chi connectivity index (χ1) is 31.7. The Hall–Kier alpha value is -6.38. The zero-order chi connectivity index (χ0) is 42.3. The molecule has 8 aliphatic rings. The van der Waals surface area contributed by atoms with Crippen molar-refractivity contribution >= 4 is 73.9 Å². The molecule has 4 atom stereocenters. The van der Waals surface area contributed by atoms with Crippen LogP contribution < -0.4 is 31.1 Å². The van der Waals surface area contributed by atoms with E-state index in [1.165, 1.54) is 122 Å². The summed E-state index contributed by atoms with van der Waals surface area (Å²) in [6.07, 6.45) is 46.9. The fraction of sp³-hybridized carbons (Fsp3) is 0.258. The average molecular weight is 829 g/mol. The molecular formula is C62H56N2. The monoisotopic (exact) mass is 828 g/mol. The van der Waals surface area contributed by atoms with Gasteiger partial charge in [-0.25, -0.2) is 0 Å². The van der Waals surface area contributed by atoms with Gasteiger partial charge in [0.15, 0.2) is 0 Å². The normalized spacial score (nSPS) is 24.0. The van der Waals surface area contributed by atoms with Crippen molar-refractivity contribution in [1.82, 2.24) is 0 Å². The molecule has 4 unspecified atom stereocenters. The minimum Gasteiger partial charge on any atom is -0.360 e. The van der Waals surface area contributed by atoms with Crippen molar-refractivity contribution < 1.29 is 0 Å². The summed E-state index contributed by atoms with van der Waals surface area (Å²) in [5, 5.41) is 15.5. The van der Waals surface area contributed by atoms with Crippen molar-refractivity contribution in [3.8, 4) is 0 Å². The Balaban J connectivity index is 0.872. The minimum atomic E-state index is 0.179. The summed E-state index contributed by atoms with van der Waals surface area (Å²) in [4.78, 5) is 2.63. The number of aryl methyl sites for hydroxylation is 1. The Morgan fingerprint density at radius 2 is 1.11 bits per heavy atom. The van der Waals surface area contributed by atoms with Gasteiger partial charge < -0.3 is 10.2 Å². The Labute approximate surface area is 377 Å². The number of para-hydroxylation sites is 2. The summed E-state index contributed by atoms with van der Waals surface area (Å²) in [7, 11) is 0. The predicted molar refractivity (Wildman–Crippen MR) is 273 cm³/mol. The Morgan fingerprint density at radius 3 is 1.78 bits per heavy atom. The van der Waals surface area contributed by atoms with Crippen LogP contribution in [-0.2, 0) is 0 Å². The number of nitrogens with one attached hydrogen (secondary N) is 1. The number of rotatable bonds is 5. The Morgan fingerprint density at radius 1 is 0.547 bits per heavy atom. The van der Waals surface area contributed by atoms with E-state index >= 15 is 0 Å². The van der Waals surface area contributed by atoms with Crippen LogP contribution >= 0.6 is 0 Å². The number of hydrogen-bond acceptors (Lipinski definition) is 2. The summed E-state index contributed by atoms with van der Waals surface area (Å²) in [5.74, 6) is 1.08. The molecule has 7 aliphatic carbocycles. The molecule has 2 heteroatoms. The molecule has 1 N–H and O–H groups in total. The van der Waals surface area contributed by atoms with Gasteiger partial charge in [0.05, 0.1) is 17.4 Å². The van der Waals surface area contributed by atoms with Crippen molar-refractivity contribution in [3.05, 3.63) is 193 Å². The third-order valence-corrected chi connectivity index (χ3v) is 16.0. The maximum atomic E-state index is 3.94. The maximum Gasteiger partial charge on any atom is 0.122 e. The van der Waals surface area contributed by atoms with Crippen LogP contribution in [0.15, 0.2) is 150 Å². The van der Waals surface area contributed by atoms with Crippen LogP contribution in [0.5, 0.6) is 0 Å². The van der Waals surface area contributed by atoms with Crippen LogP contribution in [0.25, 0.3) is 62.6 Å². The summed E-state index contributed by atoms with van der Waals surface area (Å²) in [5.41, 5.74) is 17.5. The molecular weight excluding hydrogens is 773 g/mol. The second kappa shape index (κ2) is 15.4. The smallest absolute Gasteiger partial charge is 0.122 e. The van der Waals surface area contributed by atoms with Gasteiger partial charge in [0.1, 0.15) is 6.17 Å². The van der Waals surface area contributed by atoms with Crippen molar-refractivity contribution in [3.63, 3.8) is 0 Å². The molecule has 5 aromatic carbocycles. The molecule has 2 nitrogen and oxygen atoms in total. The first-order valence-corrected chi connectivity index (χ1v) is 24.3. The predicted octanol–water partition coefficient (Wildman–Crippen LogP) is 12.4. The van der Waals surface area contributed by atoms with Gasteiger partial charge in [0.25, 0.3) is 0 Å². The lowest BCUT2D eigenvalue weighted by Crippen LogP contribution is -2.44. The van der Waals surface area contributed by atoms with Gasteiger partial charge in [-0.2, -0.15) is 0 Å². The van der Waals surface area contributed by atoms with Gasteiger partial charge in [-0.3, -0.25) is 0 Å². The van der Waals surface area contributed by atoms with E-state index in [0.29, 0.717) is 17.9 Å². The summed E-state index contributed by atoms with van der Waals surface area (Å²) >= 11 is 0. The van der Waals surface area contributed by atoms with E-state index in [0.717, 1.165) is 57.8 Å². The lowest BCUT2D eigenvalue weighted by atomic mass is 9.73. The molecule has 1 aliphatic heterocycles. The second-order valence-electron chi connectivity index (χ2n) is 19.5. The van der Waals surface area contributed by atoms with Crippen LogP contribution in [0, 0.1) is 18.8 Å². The Bertz CT molecular complexity index is 3370. The van der Waals surface area contributed by atoms with E-state index in [2.05, 4.69) is 175 Å². The van der Waals surface area contributed by atoms with Gasteiger partial charge >= 0.3 is 0 Å². The molecule has 64 heavy (non-hydrogen) atoms. The second-order valence-corrected chi connectivity index (χ2v) is 19.5. The van der Waals surface area contributed by atoms with E-state index in [1.54, 1.807) is 0 Å². The average Bonchev–Trinajstić information content (AvgIpc) is 3.75. The SMILES string of the molecule is Cc1c2c(c(C3=CC4=CC=C(c5c6c(c(C7=CC8=CC=C(C9Nc%10ccccc%10N9C9C=CC=CC9)CC8CC7)c7ccccc57)=CCCC=6)CC4CC3)c3ccccc13)=CCCC=2. The first-order valence-electron chi connectivity index (χ1n) is 24.3. The van der Waals surface area contributed by atoms with Crippen molar-refractivity contribution in [2.45, 2.75) is 89.8 Å². The van der Waals surface area contributed by atoms with Crippen LogP contribution in [0.2, 0.25) is 0 Å². The van der Waals surface area contributed by atoms with Crippen LogP contribution in [0.3, 0.4) is 0 Å². The van der Waals surface area contributed by atoms with Gasteiger partial charge in [0.2, 0.25) is 0 Å². The van der Waals surface area contributed by atoms with E-state index < -0.39 is 0 Å². The number of anilines is 2. The van der Waals surface area contributed by atoms with Gasteiger partial charge in [-0.1, -0.05) is 146 Å². The molecule has 0 saturated heterocycles.